The fourth-order valence-electron chi connectivity index (χ4n) is 6.04. The van der Waals surface area contributed by atoms with Crippen molar-refractivity contribution in [3.05, 3.63) is 122 Å². The third-order valence-electron chi connectivity index (χ3n) is 7.73. The van der Waals surface area contributed by atoms with Gasteiger partial charge in [-0.1, -0.05) is 66.7 Å². The molecule has 2 aliphatic rings. The zero-order chi connectivity index (χ0) is 26.9. The van der Waals surface area contributed by atoms with Crippen LogP contribution in [0.4, 0.5) is 17.3 Å². The molecule has 0 bridgehead atoms. The van der Waals surface area contributed by atoms with E-state index in [2.05, 4.69) is 10.3 Å². The molecular weight excluding hydrogens is 492 g/mol. The summed E-state index contributed by atoms with van der Waals surface area (Å²) in [7, 11) is 1.58. The lowest BCUT2D eigenvalue weighted by atomic mass is 9.68. The Labute approximate surface area is 223 Å². The van der Waals surface area contributed by atoms with Gasteiger partial charge < -0.3 is 10.2 Å². The first-order chi connectivity index (χ1) is 19.0. The van der Waals surface area contributed by atoms with Crippen molar-refractivity contribution in [1.29, 1.82) is 0 Å². The summed E-state index contributed by atoms with van der Waals surface area (Å²) in [5, 5.41) is 8.41. The number of fused-ring (bicyclic) bond motifs is 6. The highest BCUT2D eigenvalue weighted by Crippen LogP contribution is 2.57. The van der Waals surface area contributed by atoms with Crippen LogP contribution in [0.1, 0.15) is 23.6 Å². The van der Waals surface area contributed by atoms with E-state index in [4.69, 9.17) is 5.10 Å². The number of amides is 1. The second-order valence-corrected chi connectivity index (χ2v) is 9.67. The maximum Gasteiger partial charge on any atom is 0.329 e. The number of nitrogens with one attached hydrogen (secondary N) is 2. The molecule has 9 heteroatoms. The van der Waals surface area contributed by atoms with E-state index in [0.29, 0.717) is 29.2 Å². The highest BCUT2D eigenvalue weighted by Gasteiger charge is 2.60. The lowest BCUT2D eigenvalue weighted by molar-refractivity contribution is -0.120. The zero-order valence-electron chi connectivity index (χ0n) is 21.3. The summed E-state index contributed by atoms with van der Waals surface area (Å²) in [6.07, 6.45) is 0. The fourth-order valence-corrected chi connectivity index (χ4v) is 6.04. The lowest BCUT2D eigenvalue weighted by Crippen LogP contribution is -2.50. The third kappa shape index (κ3) is 2.89. The van der Waals surface area contributed by atoms with E-state index in [1.807, 2.05) is 91.9 Å². The molecule has 4 heterocycles. The van der Waals surface area contributed by atoms with E-state index in [1.165, 1.54) is 4.57 Å². The average Bonchev–Trinajstić information content (AvgIpc) is 3.47. The van der Waals surface area contributed by atoms with Gasteiger partial charge in [-0.15, -0.1) is 0 Å². The Kier molecular flexibility index (Phi) is 4.81. The van der Waals surface area contributed by atoms with Gasteiger partial charge in [0.05, 0.1) is 16.9 Å². The first-order valence-electron chi connectivity index (χ1n) is 12.7. The van der Waals surface area contributed by atoms with Crippen LogP contribution in [0.5, 0.6) is 0 Å². The molecule has 0 fully saturated rings. The Morgan fingerprint density at radius 1 is 0.821 bits per heavy atom. The molecule has 1 spiro atoms. The Hall–Kier alpha value is -5.18. The van der Waals surface area contributed by atoms with Crippen molar-refractivity contribution >= 4 is 23.2 Å². The Morgan fingerprint density at radius 2 is 1.49 bits per heavy atom. The molecule has 1 amide bonds. The first kappa shape index (κ1) is 23.0. The highest BCUT2D eigenvalue weighted by atomic mass is 16.2. The predicted octanol–water partition coefficient (Wildman–Crippen LogP) is 3.68. The molecule has 2 N–H and O–H groups in total. The average molecular weight is 517 g/mol. The monoisotopic (exact) mass is 516 g/mol. The maximum atomic E-state index is 14.8. The summed E-state index contributed by atoms with van der Waals surface area (Å²) in [4.78, 5) is 45.5. The summed E-state index contributed by atoms with van der Waals surface area (Å²) >= 11 is 0. The Bertz CT molecular complexity index is 1910. The number of para-hydroxylation sites is 2. The van der Waals surface area contributed by atoms with Crippen molar-refractivity contribution in [1.82, 2.24) is 19.3 Å². The molecule has 2 aromatic heterocycles. The fraction of sp³-hybridized carbons (Fsp3) is 0.133. The number of aromatic nitrogens is 4. The zero-order valence-corrected chi connectivity index (χ0v) is 21.3. The number of nitrogens with zero attached hydrogens (tertiary/aromatic N) is 4. The van der Waals surface area contributed by atoms with Gasteiger partial charge in [0.25, 0.3) is 5.56 Å². The molecule has 9 nitrogen and oxygen atoms in total. The molecule has 0 aliphatic carbocycles. The largest absolute Gasteiger partial charge is 0.329 e. The predicted molar refractivity (Wildman–Crippen MR) is 149 cm³/mol. The minimum atomic E-state index is -1.54. The van der Waals surface area contributed by atoms with Crippen molar-refractivity contribution in [2.24, 2.45) is 7.05 Å². The summed E-state index contributed by atoms with van der Waals surface area (Å²) in [6, 6.07) is 26.7. The number of H-pyrrole nitrogens is 1. The van der Waals surface area contributed by atoms with Crippen molar-refractivity contribution in [2.45, 2.75) is 12.3 Å². The Morgan fingerprint density at radius 3 is 2.21 bits per heavy atom. The van der Waals surface area contributed by atoms with Gasteiger partial charge in [0, 0.05) is 36.0 Å². The van der Waals surface area contributed by atoms with Crippen LogP contribution in [0.2, 0.25) is 0 Å². The molecule has 192 valence electrons. The van der Waals surface area contributed by atoms with E-state index in [9.17, 15) is 14.4 Å². The van der Waals surface area contributed by atoms with Gasteiger partial charge >= 0.3 is 5.69 Å². The number of aromatic amines is 1. The molecule has 0 radical (unpaired) electrons. The lowest BCUT2D eigenvalue weighted by Gasteiger charge is -2.36. The van der Waals surface area contributed by atoms with Crippen LogP contribution >= 0.6 is 0 Å². The first-order valence-corrected chi connectivity index (χ1v) is 12.7. The van der Waals surface area contributed by atoms with Crippen molar-refractivity contribution in [3.8, 4) is 16.9 Å². The summed E-state index contributed by atoms with van der Waals surface area (Å²) in [5.41, 5.74) is 1.55. The number of anilines is 3. The number of hydrogen-bond donors (Lipinski definition) is 2. The molecule has 39 heavy (non-hydrogen) atoms. The molecule has 0 saturated carbocycles. The third-order valence-corrected chi connectivity index (χ3v) is 7.73. The van der Waals surface area contributed by atoms with Crippen LogP contribution in [-0.4, -0.2) is 31.8 Å². The number of carbonyl (C=O) groups is 1. The van der Waals surface area contributed by atoms with E-state index < -0.39 is 16.7 Å². The van der Waals surface area contributed by atoms with E-state index in [-0.39, 0.29) is 17.3 Å². The number of likely N-dealkylation sites (N-methyl/N-ethyl adjacent to an activating group) is 1. The highest BCUT2D eigenvalue weighted by molar-refractivity contribution is 6.16. The van der Waals surface area contributed by atoms with Crippen LogP contribution in [0.3, 0.4) is 0 Å². The van der Waals surface area contributed by atoms with Crippen LogP contribution in [0.15, 0.2) is 94.5 Å². The van der Waals surface area contributed by atoms with Gasteiger partial charge in [-0.3, -0.25) is 19.1 Å². The van der Waals surface area contributed by atoms with Crippen LogP contribution in [-0.2, 0) is 17.3 Å². The number of carbonyl (C=O) groups excluding carboxylic acids is 1. The summed E-state index contributed by atoms with van der Waals surface area (Å²) < 4.78 is 3.09. The smallest absolute Gasteiger partial charge is 0.325 e. The van der Waals surface area contributed by atoms with Crippen molar-refractivity contribution in [2.75, 3.05) is 16.8 Å². The van der Waals surface area contributed by atoms with Crippen molar-refractivity contribution in [3.63, 3.8) is 0 Å². The maximum absolute atomic E-state index is 14.8. The molecule has 1 atom stereocenters. The van der Waals surface area contributed by atoms with Gasteiger partial charge in [-0.2, -0.15) is 5.10 Å². The van der Waals surface area contributed by atoms with E-state index >= 15 is 0 Å². The number of benzene rings is 3. The standard InChI is InChI=1S/C30H24N6O3/c1-3-35-21-17-11-10-16-20(21)30(28(35)38)22-24(18-12-6-4-7-13-18)33-36(19-14-8-5-9-15-19)26(22)31-25-23(30)27(37)32-29(39)34(25)2/h4-17,31H,3H2,1-2H3,(H,32,37,39). The Balaban J connectivity index is 1.72. The van der Waals surface area contributed by atoms with Crippen LogP contribution in [0.25, 0.3) is 16.9 Å². The number of hydrogen-bond acceptors (Lipinski definition) is 5. The topological polar surface area (TPSA) is 105 Å². The quantitative estimate of drug-likeness (QED) is 0.381. The molecular formula is C30H24N6O3. The summed E-state index contributed by atoms with van der Waals surface area (Å²) in [5.74, 6) is 0.521. The second-order valence-electron chi connectivity index (χ2n) is 9.67. The van der Waals surface area contributed by atoms with Gasteiger partial charge in [0.15, 0.2) is 0 Å². The second kappa shape index (κ2) is 8.16. The molecule has 7 rings (SSSR count). The van der Waals surface area contributed by atoms with Gasteiger partial charge in [0.2, 0.25) is 5.91 Å². The van der Waals surface area contributed by atoms with E-state index in [0.717, 1.165) is 16.9 Å². The number of rotatable bonds is 3. The van der Waals surface area contributed by atoms with Crippen LogP contribution < -0.4 is 21.5 Å². The van der Waals surface area contributed by atoms with E-state index in [1.54, 1.807) is 16.6 Å². The normalized spacial score (nSPS) is 17.1. The van der Waals surface area contributed by atoms with Gasteiger partial charge in [-0.25, -0.2) is 9.48 Å². The molecule has 3 aromatic carbocycles. The summed E-state index contributed by atoms with van der Waals surface area (Å²) in [6.45, 7) is 2.32. The minimum absolute atomic E-state index is 0.176. The van der Waals surface area contributed by atoms with Crippen LogP contribution in [0, 0.1) is 0 Å². The van der Waals surface area contributed by atoms with Crippen molar-refractivity contribution < 1.29 is 4.79 Å². The SMILES string of the molecule is CCN1C(=O)C2(c3ccccc31)c1c(-c3ccccc3)nn(-c3ccccc3)c1Nc1c2c(=O)[nH]c(=O)n1C. The van der Waals surface area contributed by atoms with Gasteiger partial charge in [0.1, 0.15) is 17.1 Å². The molecule has 1 unspecified atom stereocenters. The molecule has 5 aromatic rings. The molecule has 2 aliphatic heterocycles. The molecule has 0 saturated heterocycles. The van der Waals surface area contributed by atoms with Gasteiger partial charge in [-0.05, 0) is 25.1 Å². The minimum Gasteiger partial charge on any atom is -0.325 e.